The number of hydrogen-bond donors (Lipinski definition) is 1. The van der Waals surface area contributed by atoms with Crippen LogP contribution in [0, 0.1) is 5.92 Å². The fourth-order valence-corrected chi connectivity index (χ4v) is 3.22. The van der Waals surface area contributed by atoms with Crippen LogP contribution in [0.4, 0.5) is 0 Å². The maximum absolute atomic E-state index is 12.7. The van der Waals surface area contributed by atoms with E-state index in [1.165, 1.54) is 0 Å². The lowest BCUT2D eigenvalue weighted by Gasteiger charge is -2.44. The van der Waals surface area contributed by atoms with Gasteiger partial charge in [-0.3, -0.25) is 9.59 Å². The second-order valence-corrected chi connectivity index (χ2v) is 7.36. The van der Waals surface area contributed by atoms with Crippen LogP contribution in [0.1, 0.15) is 53.9 Å². The van der Waals surface area contributed by atoms with E-state index in [-0.39, 0.29) is 30.1 Å². The molecule has 2 saturated heterocycles. The van der Waals surface area contributed by atoms with Gasteiger partial charge < -0.3 is 15.0 Å². The van der Waals surface area contributed by atoms with E-state index < -0.39 is 5.54 Å². The van der Waals surface area contributed by atoms with Crippen molar-refractivity contribution in [3.05, 3.63) is 0 Å². The van der Waals surface area contributed by atoms with E-state index in [0.717, 1.165) is 12.8 Å². The van der Waals surface area contributed by atoms with Crippen LogP contribution in [-0.4, -0.2) is 47.0 Å². The molecule has 2 aliphatic rings. The zero-order valence-corrected chi connectivity index (χ0v) is 13.8. The van der Waals surface area contributed by atoms with Crippen LogP contribution in [0.15, 0.2) is 0 Å². The Morgan fingerprint density at radius 3 is 2.52 bits per heavy atom. The summed E-state index contributed by atoms with van der Waals surface area (Å²) >= 11 is 0. The second-order valence-electron chi connectivity index (χ2n) is 7.36. The minimum atomic E-state index is -0.825. The minimum Gasteiger partial charge on any atom is -0.373 e. The van der Waals surface area contributed by atoms with Crippen LogP contribution in [0.5, 0.6) is 0 Å². The van der Waals surface area contributed by atoms with Crippen LogP contribution >= 0.6 is 0 Å². The second kappa shape index (κ2) is 5.95. The summed E-state index contributed by atoms with van der Waals surface area (Å²) in [5, 5.41) is 2.85. The van der Waals surface area contributed by atoms with E-state index in [9.17, 15) is 9.59 Å². The monoisotopic (exact) mass is 296 g/mol. The Kier molecular flexibility index (Phi) is 4.61. The number of amides is 2. The van der Waals surface area contributed by atoms with Gasteiger partial charge in [0.1, 0.15) is 11.6 Å². The summed E-state index contributed by atoms with van der Waals surface area (Å²) in [5.41, 5.74) is -0.825. The Labute approximate surface area is 127 Å². The average Bonchev–Trinajstić information content (AvgIpc) is 2.76. The highest BCUT2D eigenvalue weighted by molar-refractivity contribution is 5.99. The summed E-state index contributed by atoms with van der Waals surface area (Å²) in [6.45, 7) is 10.3. The van der Waals surface area contributed by atoms with E-state index in [1.54, 1.807) is 18.7 Å². The average molecular weight is 296 g/mol. The van der Waals surface area contributed by atoms with Crippen LogP contribution in [-0.2, 0) is 14.3 Å². The zero-order chi connectivity index (χ0) is 15.8. The topological polar surface area (TPSA) is 58.6 Å². The van der Waals surface area contributed by atoms with Gasteiger partial charge >= 0.3 is 0 Å². The molecule has 2 aliphatic heterocycles. The number of ether oxygens (including phenoxy) is 1. The molecular weight excluding hydrogens is 268 g/mol. The minimum absolute atomic E-state index is 0.00379. The number of carbonyl (C=O) groups is 2. The first kappa shape index (κ1) is 16.3. The van der Waals surface area contributed by atoms with Crippen molar-refractivity contribution in [2.45, 2.75) is 77.7 Å². The highest BCUT2D eigenvalue weighted by Crippen LogP contribution is 2.26. The van der Waals surface area contributed by atoms with Gasteiger partial charge in [0, 0.05) is 6.54 Å². The molecule has 0 spiro atoms. The standard InChI is InChI=1S/C16H28N2O3/c1-10(2)8-13-14(19)17-16(4,5)15(20)18(13)9-12-7-6-11(3)21-12/h10-13H,6-9H2,1-5H3,(H,17,19). The zero-order valence-electron chi connectivity index (χ0n) is 13.8. The molecule has 0 aromatic carbocycles. The molecule has 0 aromatic heterocycles. The van der Waals surface area contributed by atoms with Gasteiger partial charge in [-0.15, -0.1) is 0 Å². The first-order valence-corrected chi connectivity index (χ1v) is 7.99. The van der Waals surface area contributed by atoms with E-state index in [1.807, 2.05) is 0 Å². The molecule has 120 valence electrons. The lowest BCUT2D eigenvalue weighted by molar-refractivity contribution is -0.156. The lowest BCUT2D eigenvalue weighted by Crippen LogP contribution is -2.69. The lowest BCUT2D eigenvalue weighted by atomic mass is 9.92. The van der Waals surface area contributed by atoms with Crippen LogP contribution in [0.3, 0.4) is 0 Å². The predicted molar refractivity (Wildman–Crippen MR) is 80.7 cm³/mol. The quantitative estimate of drug-likeness (QED) is 0.859. The Morgan fingerprint density at radius 2 is 2.00 bits per heavy atom. The Hall–Kier alpha value is -1.10. The third kappa shape index (κ3) is 3.57. The number of rotatable bonds is 4. The molecule has 5 nitrogen and oxygen atoms in total. The molecule has 2 rings (SSSR count). The first-order chi connectivity index (χ1) is 9.70. The van der Waals surface area contributed by atoms with Crippen molar-refractivity contribution in [2.75, 3.05) is 6.54 Å². The van der Waals surface area contributed by atoms with Gasteiger partial charge in [-0.2, -0.15) is 0 Å². The summed E-state index contributed by atoms with van der Waals surface area (Å²) in [6.07, 6.45) is 2.98. The van der Waals surface area contributed by atoms with Crippen molar-refractivity contribution in [1.82, 2.24) is 10.2 Å². The molecule has 2 heterocycles. The maximum atomic E-state index is 12.7. The molecule has 0 saturated carbocycles. The maximum Gasteiger partial charge on any atom is 0.248 e. The molecule has 0 bridgehead atoms. The van der Waals surface area contributed by atoms with Gasteiger partial charge in [-0.1, -0.05) is 13.8 Å². The molecule has 0 aliphatic carbocycles. The largest absolute Gasteiger partial charge is 0.373 e. The fraction of sp³-hybridized carbons (Fsp3) is 0.875. The number of hydrogen-bond acceptors (Lipinski definition) is 3. The summed E-state index contributed by atoms with van der Waals surface area (Å²) < 4.78 is 5.84. The van der Waals surface area contributed by atoms with E-state index >= 15 is 0 Å². The number of nitrogens with one attached hydrogen (secondary N) is 1. The number of nitrogens with zero attached hydrogens (tertiary/aromatic N) is 1. The van der Waals surface area contributed by atoms with Gasteiger partial charge in [0.2, 0.25) is 11.8 Å². The Morgan fingerprint density at radius 1 is 1.33 bits per heavy atom. The van der Waals surface area contributed by atoms with Gasteiger partial charge in [0.25, 0.3) is 0 Å². The summed E-state index contributed by atoms with van der Waals surface area (Å²) in [6, 6.07) is -0.370. The van der Waals surface area contributed by atoms with Crippen molar-refractivity contribution in [3.63, 3.8) is 0 Å². The predicted octanol–water partition coefficient (Wildman–Crippen LogP) is 1.71. The smallest absolute Gasteiger partial charge is 0.248 e. The first-order valence-electron chi connectivity index (χ1n) is 7.99. The normalized spacial score (nSPS) is 32.7. The van der Waals surface area contributed by atoms with Crippen LogP contribution in [0.2, 0.25) is 0 Å². The highest BCUT2D eigenvalue weighted by atomic mass is 16.5. The molecule has 1 N–H and O–H groups in total. The molecule has 0 aromatic rings. The summed E-state index contributed by atoms with van der Waals surface area (Å²) in [7, 11) is 0. The van der Waals surface area contributed by atoms with Gasteiger partial charge in [0.15, 0.2) is 0 Å². The van der Waals surface area contributed by atoms with E-state index in [4.69, 9.17) is 4.74 Å². The van der Waals surface area contributed by atoms with E-state index in [2.05, 4.69) is 26.1 Å². The molecule has 3 atom stereocenters. The molecule has 5 heteroatoms. The van der Waals surface area contributed by atoms with Crippen molar-refractivity contribution in [2.24, 2.45) is 5.92 Å². The Balaban J connectivity index is 2.16. The SMILES string of the molecule is CC(C)CC1C(=O)NC(C)(C)C(=O)N1CC1CCC(C)O1. The van der Waals surface area contributed by atoms with Crippen molar-refractivity contribution < 1.29 is 14.3 Å². The van der Waals surface area contributed by atoms with Crippen molar-refractivity contribution >= 4 is 11.8 Å². The van der Waals surface area contributed by atoms with Gasteiger partial charge in [-0.05, 0) is 46.0 Å². The third-order valence-electron chi connectivity index (χ3n) is 4.33. The molecule has 0 radical (unpaired) electrons. The molecule has 2 fully saturated rings. The van der Waals surface area contributed by atoms with Gasteiger partial charge in [-0.25, -0.2) is 0 Å². The van der Waals surface area contributed by atoms with Crippen molar-refractivity contribution in [1.29, 1.82) is 0 Å². The molecule has 2 amide bonds. The van der Waals surface area contributed by atoms with Gasteiger partial charge in [0.05, 0.1) is 12.2 Å². The summed E-state index contributed by atoms with van der Waals surface area (Å²) in [5.74, 6) is 0.316. The number of piperazine rings is 1. The Bertz CT molecular complexity index is 420. The molecule has 3 unspecified atom stereocenters. The fourth-order valence-electron chi connectivity index (χ4n) is 3.22. The summed E-state index contributed by atoms with van der Waals surface area (Å²) in [4.78, 5) is 26.9. The molecule has 21 heavy (non-hydrogen) atoms. The van der Waals surface area contributed by atoms with Crippen molar-refractivity contribution in [3.8, 4) is 0 Å². The third-order valence-corrected chi connectivity index (χ3v) is 4.33. The number of carbonyl (C=O) groups excluding carboxylic acids is 2. The molecular formula is C16H28N2O3. The van der Waals surface area contributed by atoms with E-state index in [0.29, 0.717) is 18.9 Å². The van der Waals surface area contributed by atoms with Crippen LogP contribution < -0.4 is 5.32 Å². The van der Waals surface area contributed by atoms with Crippen LogP contribution in [0.25, 0.3) is 0 Å². The highest BCUT2D eigenvalue weighted by Gasteiger charge is 2.46.